The van der Waals surface area contributed by atoms with Gasteiger partial charge in [0.2, 0.25) is 0 Å². The minimum Gasteiger partial charge on any atom is -0.357 e. The Morgan fingerprint density at radius 1 is 1.32 bits per heavy atom. The van der Waals surface area contributed by atoms with Crippen molar-refractivity contribution in [1.82, 2.24) is 9.88 Å². The van der Waals surface area contributed by atoms with Crippen LogP contribution in [0, 0.1) is 0 Å². The lowest BCUT2D eigenvalue weighted by Crippen LogP contribution is -2.39. The van der Waals surface area contributed by atoms with E-state index < -0.39 is 0 Å². The molecule has 0 saturated carbocycles. The summed E-state index contributed by atoms with van der Waals surface area (Å²) >= 11 is 0. The average Bonchev–Trinajstić information content (AvgIpc) is 2.50. The molecule has 1 unspecified atom stereocenters. The molecule has 0 spiro atoms. The lowest BCUT2D eigenvalue weighted by atomic mass is 10.2. The van der Waals surface area contributed by atoms with Crippen molar-refractivity contribution in [2.45, 2.75) is 33.2 Å². The number of likely N-dealkylation sites (N-methyl/N-ethyl adjacent to an activating group) is 1. The van der Waals surface area contributed by atoms with Crippen molar-refractivity contribution >= 4 is 36.5 Å². The van der Waals surface area contributed by atoms with E-state index >= 15 is 0 Å². The van der Waals surface area contributed by atoms with Gasteiger partial charge in [-0.25, -0.2) is 4.98 Å². The van der Waals surface area contributed by atoms with Crippen LogP contribution in [-0.4, -0.2) is 48.5 Å². The minimum atomic E-state index is -0.0412. The van der Waals surface area contributed by atoms with Gasteiger partial charge >= 0.3 is 0 Å². The van der Waals surface area contributed by atoms with Crippen LogP contribution in [0.3, 0.4) is 0 Å². The Morgan fingerprint density at radius 2 is 1.95 bits per heavy atom. The Bertz CT molecular complexity index is 428. The second kappa shape index (κ2) is 11.5. The molecule has 1 aromatic heterocycles. The molecule has 1 heterocycles. The highest BCUT2D eigenvalue weighted by Gasteiger charge is 2.17. The van der Waals surface area contributed by atoms with Gasteiger partial charge in [-0.1, -0.05) is 6.92 Å². The SMILES string of the molecule is CCCN(CC)c1ccc(C(=O)N(C)C(C)CN)cn1.Cl.Cl. The molecule has 1 amide bonds. The summed E-state index contributed by atoms with van der Waals surface area (Å²) in [6.07, 6.45) is 2.72. The first-order valence-corrected chi connectivity index (χ1v) is 7.23. The first-order chi connectivity index (χ1) is 9.54. The molecule has 5 nitrogen and oxygen atoms in total. The zero-order valence-corrected chi connectivity index (χ0v) is 15.4. The van der Waals surface area contributed by atoms with Crippen LogP contribution in [0.5, 0.6) is 0 Å². The van der Waals surface area contributed by atoms with E-state index in [0.29, 0.717) is 12.1 Å². The highest BCUT2D eigenvalue weighted by Crippen LogP contribution is 2.13. The van der Waals surface area contributed by atoms with Crippen LogP contribution in [0.1, 0.15) is 37.6 Å². The Morgan fingerprint density at radius 3 is 2.36 bits per heavy atom. The molecule has 1 atom stereocenters. The van der Waals surface area contributed by atoms with Crippen LogP contribution in [0.25, 0.3) is 0 Å². The van der Waals surface area contributed by atoms with Gasteiger partial charge in [0, 0.05) is 38.9 Å². The molecular formula is C15H28Cl2N4O. The van der Waals surface area contributed by atoms with E-state index in [0.717, 1.165) is 25.3 Å². The summed E-state index contributed by atoms with van der Waals surface area (Å²) in [7, 11) is 1.77. The normalized spacial score (nSPS) is 11.0. The molecule has 0 aliphatic carbocycles. The maximum Gasteiger partial charge on any atom is 0.255 e. The maximum absolute atomic E-state index is 12.2. The maximum atomic E-state index is 12.2. The third-order valence-corrected chi connectivity index (χ3v) is 3.52. The first-order valence-electron chi connectivity index (χ1n) is 7.23. The molecule has 1 rings (SSSR count). The standard InChI is InChI=1S/C15H26N4O.2ClH/c1-5-9-19(6-2)14-8-7-13(11-17-14)15(20)18(4)12(3)10-16;;/h7-8,11-12H,5-6,9-10,16H2,1-4H3;2*1H. The number of carbonyl (C=O) groups excluding carboxylic acids is 1. The second-order valence-corrected chi connectivity index (χ2v) is 4.99. The van der Waals surface area contributed by atoms with Crippen LogP contribution in [0.2, 0.25) is 0 Å². The Hall–Kier alpha value is -1.04. The molecule has 7 heteroatoms. The number of amides is 1. The van der Waals surface area contributed by atoms with Crippen molar-refractivity contribution in [2.75, 3.05) is 31.6 Å². The quantitative estimate of drug-likeness (QED) is 0.820. The Balaban J connectivity index is 0. The van der Waals surface area contributed by atoms with Gasteiger partial charge in [-0.05, 0) is 32.4 Å². The lowest BCUT2D eigenvalue weighted by molar-refractivity contribution is 0.0748. The fourth-order valence-corrected chi connectivity index (χ4v) is 1.97. The number of hydrogen-bond donors (Lipinski definition) is 1. The highest BCUT2D eigenvalue weighted by molar-refractivity contribution is 5.94. The van der Waals surface area contributed by atoms with Gasteiger partial charge in [-0.2, -0.15) is 0 Å². The summed E-state index contributed by atoms with van der Waals surface area (Å²) in [6.45, 7) is 8.52. The van der Waals surface area contributed by atoms with Crippen LogP contribution >= 0.6 is 24.8 Å². The van der Waals surface area contributed by atoms with Crippen molar-refractivity contribution in [3.8, 4) is 0 Å². The number of carbonyl (C=O) groups is 1. The van der Waals surface area contributed by atoms with Crippen molar-refractivity contribution in [3.63, 3.8) is 0 Å². The first kappa shape index (κ1) is 23.2. The molecule has 128 valence electrons. The smallest absolute Gasteiger partial charge is 0.255 e. The predicted octanol–water partition coefficient (Wildman–Crippen LogP) is 2.58. The van der Waals surface area contributed by atoms with Crippen molar-refractivity contribution in [1.29, 1.82) is 0 Å². The molecule has 0 aliphatic rings. The van der Waals surface area contributed by atoms with Crippen molar-refractivity contribution in [2.24, 2.45) is 5.73 Å². The van der Waals surface area contributed by atoms with Crippen LogP contribution in [0.15, 0.2) is 18.3 Å². The van der Waals surface area contributed by atoms with Gasteiger partial charge in [0.05, 0.1) is 5.56 Å². The number of pyridine rings is 1. The molecule has 2 N–H and O–H groups in total. The number of rotatable bonds is 7. The summed E-state index contributed by atoms with van der Waals surface area (Å²) in [6, 6.07) is 3.77. The zero-order chi connectivity index (χ0) is 15.1. The Kier molecular flexibility index (Phi) is 12.2. The zero-order valence-electron chi connectivity index (χ0n) is 13.8. The van der Waals surface area contributed by atoms with E-state index in [1.54, 1.807) is 18.1 Å². The number of nitrogens with zero attached hydrogens (tertiary/aromatic N) is 3. The number of anilines is 1. The summed E-state index contributed by atoms with van der Waals surface area (Å²) in [5.41, 5.74) is 6.19. The van der Waals surface area contributed by atoms with Crippen molar-refractivity contribution < 1.29 is 4.79 Å². The average molecular weight is 351 g/mol. The van der Waals surface area contributed by atoms with E-state index in [4.69, 9.17) is 5.73 Å². The molecule has 22 heavy (non-hydrogen) atoms. The van der Waals surface area contributed by atoms with Crippen LogP contribution in [0.4, 0.5) is 5.82 Å². The van der Waals surface area contributed by atoms with Gasteiger partial charge in [0.15, 0.2) is 0 Å². The van der Waals surface area contributed by atoms with Gasteiger partial charge in [-0.15, -0.1) is 24.8 Å². The van der Waals surface area contributed by atoms with Crippen molar-refractivity contribution in [3.05, 3.63) is 23.9 Å². The fraction of sp³-hybridized carbons (Fsp3) is 0.600. The molecule has 0 aliphatic heterocycles. The largest absolute Gasteiger partial charge is 0.357 e. The topological polar surface area (TPSA) is 62.5 Å². The summed E-state index contributed by atoms with van der Waals surface area (Å²) < 4.78 is 0. The molecule has 0 bridgehead atoms. The lowest BCUT2D eigenvalue weighted by Gasteiger charge is -2.24. The highest BCUT2D eigenvalue weighted by atomic mass is 35.5. The monoisotopic (exact) mass is 350 g/mol. The van der Waals surface area contributed by atoms with Gasteiger partial charge < -0.3 is 15.5 Å². The number of halogens is 2. The van der Waals surface area contributed by atoms with Crippen LogP contribution in [-0.2, 0) is 0 Å². The molecule has 1 aromatic rings. The Labute approximate surface area is 146 Å². The van der Waals surface area contributed by atoms with E-state index in [2.05, 4.69) is 23.7 Å². The second-order valence-electron chi connectivity index (χ2n) is 4.99. The third-order valence-electron chi connectivity index (χ3n) is 3.52. The van der Waals surface area contributed by atoms with Gasteiger partial charge in [0.1, 0.15) is 5.82 Å². The predicted molar refractivity (Wildman–Crippen MR) is 97.5 cm³/mol. The van der Waals surface area contributed by atoms with E-state index in [1.165, 1.54) is 0 Å². The number of hydrogen-bond acceptors (Lipinski definition) is 4. The van der Waals surface area contributed by atoms with E-state index in [1.807, 2.05) is 19.1 Å². The fourth-order valence-electron chi connectivity index (χ4n) is 1.97. The number of aromatic nitrogens is 1. The van der Waals surface area contributed by atoms with E-state index in [-0.39, 0.29) is 36.8 Å². The summed E-state index contributed by atoms with van der Waals surface area (Å²) in [5, 5.41) is 0. The van der Waals surface area contributed by atoms with Gasteiger partial charge in [0.25, 0.3) is 5.91 Å². The number of nitrogens with two attached hydrogens (primary N) is 1. The third kappa shape index (κ3) is 5.99. The van der Waals surface area contributed by atoms with Gasteiger partial charge in [-0.3, -0.25) is 4.79 Å². The minimum absolute atomic E-state index is 0. The van der Waals surface area contributed by atoms with Crippen LogP contribution < -0.4 is 10.6 Å². The molecule has 0 radical (unpaired) electrons. The molecular weight excluding hydrogens is 323 g/mol. The summed E-state index contributed by atoms with van der Waals surface area (Å²) in [4.78, 5) is 20.5. The summed E-state index contributed by atoms with van der Waals surface area (Å²) in [5.74, 6) is 0.876. The molecule has 0 saturated heterocycles. The molecule has 0 aromatic carbocycles. The molecule has 0 fully saturated rings. The van der Waals surface area contributed by atoms with E-state index in [9.17, 15) is 4.79 Å².